The van der Waals surface area contributed by atoms with Gasteiger partial charge in [0.25, 0.3) is 0 Å². The van der Waals surface area contributed by atoms with Crippen LogP contribution in [0.4, 0.5) is 0 Å². The topological polar surface area (TPSA) is 47.2 Å². The molecule has 0 saturated heterocycles. The molecule has 2 aromatic rings. The Morgan fingerprint density at radius 2 is 1.64 bits per heavy atom. The third kappa shape index (κ3) is 5.00. The molecule has 0 aliphatic heterocycles. The maximum absolute atomic E-state index is 12.1. The number of hydrogen-bond donors (Lipinski definition) is 0. The zero-order valence-electron chi connectivity index (χ0n) is 12.7. The van der Waals surface area contributed by atoms with E-state index in [4.69, 9.17) is 4.18 Å². The third-order valence-corrected chi connectivity index (χ3v) is 4.41. The fourth-order valence-electron chi connectivity index (χ4n) is 1.87. The highest BCUT2D eigenvalue weighted by Crippen LogP contribution is 2.17. The predicted molar refractivity (Wildman–Crippen MR) is 80.5 cm³/mol. The number of nitrogens with zero attached hydrogens (tertiary/aromatic N) is 1. The number of hydrogen-bond acceptors (Lipinski definition) is 3. The molecule has 0 amide bonds. The number of pyridine rings is 1. The van der Waals surface area contributed by atoms with Crippen LogP contribution in [0.25, 0.3) is 0 Å². The molecule has 0 bridgehead atoms. The summed E-state index contributed by atoms with van der Waals surface area (Å²) in [6.07, 6.45) is 5.87. The van der Waals surface area contributed by atoms with Gasteiger partial charge in [-0.15, -0.1) is 0 Å². The van der Waals surface area contributed by atoms with Gasteiger partial charge in [0.15, 0.2) is 18.1 Å². The van der Waals surface area contributed by atoms with Gasteiger partial charge in [0.1, 0.15) is 11.4 Å². The van der Waals surface area contributed by atoms with Crippen LogP contribution in [-0.4, -0.2) is 8.42 Å². The van der Waals surface area contributed by atoms with Gasteiger partial charge in [0.2, 0.25) is 0 Å². The van der Waals surface area contributed by atoms with Gasteiger partial charge in [-0.1, -0.05) is 31.0 Å². The van der Waals surface area contributed by atoms with Crippen molar-refractivity contribution in [2.75, 3.05) is 0 Å². The van der Waals surface area contributed by atoms with E-state index in [0.717, 1.165) is 24.9 Å². The van der Waals surface area contributed by atoms with Crippen molar-refractivity contribution in [3.8, 4) is 5.75 Å². The Morgan fingerprint density at radius 3 is 2.18 bits per heavy atom. The van der Waals surface area contributed by atoms with Crippen molar-refractivity contribution >= 4 is 10.1 Å². The van der Waals surface area contributed by atoms with Gasteiger partial charge in [-0.3, -0.25) is 0 Å². The monoisotopic (exact) mass is 341 g/mol. The Kier molecular flexibility index (Phi) is 6.84. The summed E-state index contributed by atoms with van der Waals surface area (Å²) in [4.78, 5) is 0.163. The van der Waals surface area contributed by atoms with E-state index < -0.39 is 10.1 Å². The molecule has 0 radical (unpaired) electrons. The Labute approximate surface area is 138 Å². The van der Waals surface area contributed by atoms with Crippen molar-refractivity contribution in [1.29, 1.82) is 0 Å². The third-order valence-electron chi connectivity index (χ3n) is 3.15. The molecule has 120 valence electrons. The molecule has 0 atom stereocenters. The van der Waals surface area contributed by atoms with E-state index >= 15 is 0 Å². The van der Waals surface area contributed by atoms with Crippen LogP contribution in [0.5, 0.6) is 5.75 Å². The van der Waals surface area contributed by atoms with E-state index in [-0.39, 0.29) is 17.3 Å². The number of unbranched alkanes of at least 4 members (excludes halogenated alkanes) is 1. The molecular formula is C16H20ClNO3S. The van der Waals surface area contributed by atoms with E-state index in [1.54, 1.807) is 36.4 Å². The van der Waals surface area contributed by atoms with Crippen molar-refractivity contribution in [1.82, 2.24) is 0 Å². The lowest BCUT2D eigenvalue weighted by Gasteiger charge is -2.06. The zero-order valence-corrected chi connectivity index (χ0v) is 14.3. The molecule has 0 aliphatic rings. The number of halogens is 1. The van der Waals surface area contributed by atoms with E-state index in [9.17, 15) is 8.42 Å². The maximum atomic E-state index is 12.1. The summed E-state index contributed by atoms with van der Waals surface area (Å²) < 4.78 is 31.4. The molecule has 4 nitrogen and oxygen atoms in total. The molecule has 0 spiro atoms. The first kappa shape index (κ1) is 18.5. The molecule has 0 fully saturated rings. The molecule has 6 heteroatoms. The van der Waals surface area contributed by atoms with Crippen molar-refractivity contribution in [3.05, 3.63) is 54.4 Å². The zero-order chi connectivity index (χ0) is 15.3. The quantitative estimate of drug-likeness (QED) is 0.542. The molecule has 0 saturated carbocycles. The smallest absolute Gasteiger partial charge is 0.339 e. The average molecular weight is 342 g/mol. The lowest BCUT2D eigenvalue weighted by Crippen LogP contribution is -3.00. The van der Waals surface area contributed by atoms with Crippen LogP contribution in [0.15, 0.2) is 53.7 Å². The largest absolute Gasteiger partial charge is 1.00 e. The van der Waals surface area contributed by atoms with Gasteiger partial charge in [-0.05, 0) is 19.1 Å². The average Bonchev–Trinajstić information content (AvgIpc) is 2.47. The van der Waals surface area contributed by atoms with Crippen LogP contribution in [0, 0.1) is 6.92 Å². The normalized spacial score (nSPS) is 10.8. The van der Waals surface area contributed by atoms with Crippen LogP contribution in [0.2, 0.25) is 0 Å². The molecule has 22 heavy (non-hydrogen) atoms. The first-order chi connectivity index (χ1) is 10.0. The molecule has 1 aromatic heterocycles. The second-order valence-electron chi connectivity index (χ2n) is 4.98. The van der Waals surface area contributed by atoms with Crippen LogP contribution >= 0.6 is 0 Å². The Hall–Kier alpha value is -1.59. The van der Waals surface area contributed by atoms with Gasteiger partial charge in [-0.2, -0.15) is 8.42 Å². The minimum absolute atomic E-state index is 0. The summed E-state index contributed by atoms with van der Waals surface area (Å²) in [5.41, 5.74) is 1.01. The van der Waals surface area contributed by atoms with E-state index in [0.29, 0.717) is 5.75 Å². The fraction of sp³-hybridized carbons (Fsp3) is 0.312. The predicted octanol–water partition coefficient (Wildman–Crippen LogP) is -0.146. The van der Waals surface area contributed by atoms with E-state index in [2.05, 4.69) is 6.92 Å². The lowest BCUT2D eigenvalue weighted by atomic mass is 10.2. The summed E-state index contributed by atoms with van der Waals surface area (Å²) in [7, 11) is -3.77. The maximum Gasteiger partial charge on any atom is 0.339 e. The van der Waals surface area contributed by atoms with E-state index in [1.165, 1.54) is 0 Å². The SMILES string of the molecule is CCCC[n+]1ccc(OS(=O)(=O)c2ccc(C)cc2)cc1.[Cl-]. The second-order valence-corrected chi connectivity index (χ2v) is 6.52. The first-order valence-electron chi connectivity index (χ1n) is 7.01. The first-order valence-corrected chi connectivity index (χ1v) is 8.42. The minimum atomic E-state index is -3.77. The standard InChI is InChI=1S/C16H20NO3S.ClH/c1-3-4-11-17-12-9-15(10-13-17)20-21(18,19)16-7-5-14(2)6-8-16;/h5-10,12-13H,3-4,11H2,1-2H3;1H/q+1;/p-1. The number of aryl methyl sites for hydroxylation is 2. The molecular weight excluding hydrogens is 322 g/mol. The summed E-state index contributed by atoms with van der Waals surface area (Å²) >= 11 is 0. The molecule has 0 unspecified atom stereocenters. The van der Waals surface area contributed by atoms with Crippen LogP contribution in [-0.2, 0) is 16.7 Å². The molecule has 0 aliphatic carbocycles. The summed E-state index contributed by atoms with van der Waals surface area (Å²) in [6.45, 7) is 4.96. The van der Waals surface area contributed by atoms with Crippen LogP contribution in [0.3, 0.4) is 0 Å². The van der Waals surface area contributed by atoms with Crippen molar-refractivity contribution in [2.45, 2.75) is 38.1 Å². The molecule has 0 N–H and O–H groups in total. The van der Waals surface area contributed by atoms with Crippen LogP contribution < -0.4 is 21.2 Å². The van der Waals surface area contributed by atoms with Crippen molar-refractivity contribution in [3.63, 3.8) is 0 Å². The molecule has 2 rings (SSSR count). The Morgan fingerprint density at radius 1 is 1.05 bits per heavy atom. The van der Waals surface area contributed by atoms with E-state index in [1.807, 2.05) is 23.9 Å². The highest BCUT2D eigenvalue weighted by Gasteiger charge is 2.16. The Bertz CT molecular complexity index is 682. The van der Waals surface area contributed by atoms with Gasteiger partial charge < -0.3 is 16.6 Å². The molecule has 1 aromatic carbocycles. The number of aromatic nitrogens is 1. The van der Waals surface area contributed by atoms with Crippen molar-refractivity contribution < 1.29 is 29.6 Å². The highest BCUT2D eigenvalue weighted by atomic mass is 35.5. The summed E-state index contributed by atoms with van der Waals surface area (Å²) in [6, 6.07) is 9.94. The summed E-state index contributed by atoms with van der Waals surface area (Å²) in [5, 5.41) is 0. The second kappa shape index (κ2) is 8.15. The van der Waals surface area contributed by atoms with Gasteiger partial charge in [0.05, 0.1) is 0 Å². The fourth-order valence-corrected chi connectivity index (χ4v) is 2.80. The number of rotatable bonds is 6. The summed E-state index contributed by atoms with van der Waals surface area (Å²) in [5.74, 6) is 0.323. The van der Waals surface area contributed by atoms with Gasteiger partial charge >= 0.3 is 10.1 Å². The lowest BCUT2D eigenvalue weighted by molar-refractivity contribution is -0.697. The van der Waals surface area contributed by atoms with Crippen molar-refractivity contribution in [2.24, 2.45) is 0 Å². The van der Waals surface area contributed by atoms with Crippen LogP contribution in [0.1, 0.15) is 25.3 Å². The van der Waals surface area contributed by atoms with Gasteiger partial charge in [0, 0.05) is 18.6 Å². The Balaban J connectivity index is 0.00000242. The minimum Gasteiger partial charge on any atom is -1.00 e. The molecule has 1 heterocycles. The van der Waals surface area contributed by atoms with Gasteiger partial charge in [-0.25, -0.2) is 4.57 Å². The number of benzene rings is 1. The highest BCUT2D eigenvalue weighted by molar-refractivity contribution is 7.87.